The first-order valence-electron chi connectivity index (χ1n) is 5.41. The van der Waals surface area contributed by atoms with Gasteiger partial charge in [0.1, 0.15) is 0 Å². The van der Waals surface area contributed by atoms with Gasteiger partial charge < -0.3 is 4.57 Å². The summed E-state index contributed by atoms with van der Waals surface area (Å²) in [5, 5.41) is 0. The van der Waals surface area contributed by atoms with E-state index in [2.05, 4.69) is 38.1 Å². The molecule has 2 nitrogen and oxygen atoms in total. The van der Waals surface area contributed by atoms with Gasteiger partial charge in [0.15, 0.2) is 6.29 Å². The predicted molar refractivity (Wildman–Crippen MR) is 64.8 cm³/mol. The molecule has 0 fully saturated rings. The van der Waals surface area contributed by atoms with Gasteiger partial charge in [-0.25, -0.2) is 0 Å². The summed E-state index contributed by atoms with van der Waals surface area (Å²) in [7, 11) is 0. The Hall–Kier alpha value is -1.83. The fourth-order valence-electron chi connectivity index (χ4n) is 1.86. The monoisotopic (exact) mass is 213 g/mol. The standard InChI is InChI=1S/C14H15NO/c1-11-5-7-13(8-6-11)12(2)15-9-3-4-14(15)10-16/h3-10,12H,1-2H3/t12-/m0/s1. The highest BCUT2D eigenvalue weighted by molar-refractivity contribution is 5.72. The molecule has 0 N–H and O–H groups in total. The van der Waals surface area contributed by atoms with Crippen LogP contribution >= 0.6 is 0 Å². The van der Waals surface area contributed by atoms with Gasteiger partial charge in [0, 0.05) is 6.20 Å². The first kappa shape index (κ1) is 10.7. The number of hydrogen-bond acceptors (Lipinski definition) is 1. The van der Waals surface area contributed by atoms with Crippen LogP contribution in [0.2, 0.25) is 0 Å². The van der Waals surface area contributed by atoms with E-state index in [-0.39, 0.29) is 6.04 Å². The Kier molecular flexibility index (Phi) is 2.91. The lowest BCUT2D eigenvalue weighted by molar-refractivity contribution is 0.111. The van der Waals surface area contributed by atoms with Gasteiger partial charge in [0.05, 0.1) is 11.7 Å². The second kappa shape index (κ2) is 4.35. The Balaban J connectivity index is 2.35. The van der Waals surface area contributed by atoms with Gasteiger partial charge >= 0.3 is 0 Å². The van der Waals surface area contributed by atoms with E-state index in [0.29, 0.717) is 5.69 Å². The van der Waals surface area contributed by atoms with Crippen molar-refractivity contribution < 1.29 is 4.79 Å². The van der Waals surface area contributed by atoms with Gasteiger partial charge in [0.2, 0.25) is 0 Å². The Morgan fingerprint density at radius 1 is 1.19 bits per heavy atom. The summed E-state index contributed by atoms with van der Waals surface area (Å²) in [5.41, 5.74) is 3.18. The van der Waals surface area contributed by atoms with Crippen molar-refractivity contribution in [3.8, 4) is 0 Å². The summed E-state index contributed by atoms with van der Waals surface area (Å²) in [6.07, 6.45) is 2.83. The van der Waals surface area contributed by atoms with Crippen LogP contribution in [0.3, 0.4) is 0 Å². The molecule has 2 heteroatoms. The van der Waals surface area contributed by atoms with Crippen LogP contribution in [0.4, 0.5) is 0 Å². The Bertz CT molecular complexity index is 482. The molecule has 1 aromatic heterocycles. The molecule has 0 aliphatic rings. The van der Waals surface area contributed by atoms with Crippen LogP contribution in [0.1, 0.15) is 34.6 Å². The fraction of sp³-hybridized carbons (Fsp3) is 0.214. The molecule has 16 heavy (non-hydrogen) atoms. The number of carbonyl (C=O) groups is 1. The zero-order valence-electron chi connectivity index (χ0n) is 9.55. The third kappa shape index (κ3) is 1.91. The third-order valence-corrected chi connectivity index (χ3v) is 2.91. The molecule has 0 spiro atoms. The van der Waals surface area contributed by atoms with E-state index in [1.165, 1.54) is 11.1 Å². The normalized spacial score (nSPS) is 12.4. The lowest BCUT2D eigenvalue weighted by atomic mass is 10.1. The van der Waals surface area contributed by atoms with Crippen LogP contribution < -0.4 is 0 Å². The highest BCUT2D eigenvalue weighted by Crippen LogP contribution is 2.20. The molecule has 0 bridgehead atoms. The van der Waals surface area contributed by atoms with E-state index >= 15 is 0 Å². The van der Waals surface area contributed by atoms with Crippen molar-refractivity contribution in [1.29, 1.82) is 0 Å². The van der Waals surface area contributed by atoms with Gasteiger partial charge in [-0.15, -0.1) is 0 Å². The number of aryl methyl sites for hydroxylation is 1. The molecule has 0 radical (unpaired) electrons. The van der Waals surface area contributed by atoms with Gasteiger partial charge in [-0.1, -0.05) is 29.8 Å². The molecule has 0 unspecified atom stereocenters. The van der Waals surface area contributed by atoms with Crippen molar-refractivity contribution in [2.75, 3.05) is 0 Å². The van der Waals surface area contributed by atoms with E-state index in [1.54, 1.807) is 0 Å². The number of aldehydes is 1. The van der Waals surface area contributed by atoms with Gasteiger partial charge in [-0.2, -0.15) is 0 Å². The van der Waals surface area contributed by atoms with Crippen LogP contribution in [0.5, 0.6) is 0 Å². The molecular formula is C14H15NO. The van der Waals surface area contributed by atoms with Crippen molar-refractivity contribution >= 4 is 6.29 Å². The molecule has 0 amide bonds. The van der Waals surface area contributed by atoms with Crippen molar-refractivity contribution in [3.05, 3.63) is 59.4 Å². The molecule has 0 aliphatic heterocycles. The zero-order valence-corrected chi connectivity index (χ0v) is 9.55. The first-order chi connectivity index (χ1) is 7.72. The molecule has 1 aromatic carbocycles. The van der Waals surface area contributed by atoms with Crippen molar-refractivity contribution in [2.45, 2.75) is 19.9 Å². The second-order valence-corrected chi connectivity index (χ2v) is 4.04. The Morgan fingerprint density at radius 2 is 1.88 bits per heavy atom. The molecule has 82 valence electrons. The molecule has 2 aromatic rings. The van der Waals surface area contributed by atoms with E-state index in [0.717, 1.165) is 6.29 Å². The third-order valence-electron chi connectivity index (χ3n) is 2.91. The number of nitrogens with zero attached hydrogens (tertiary/aromatic N) is 1. The average Bonchev–Trinajstić information content (AvgIpc) is 2.77. The summed E-state index contributed by atoms with van der Waals surface area (Å²) in [6, 6.07) is 12.3. The maximum atomic E-state index is 10.9. The van der Waals surface area contributed by atoms with E-state index in [4.69, 9.17) is 0 Å². The summed E-state index contributed by atoms with van der Waals surface area (Å²) in [4.78, 5) is 10.9. The fourth-order valence-corrected chi connectivity index (χ4v) is 1.86. The summed E-state index contributed by atoms with van der Waals surface area (Å²) in [6.45, 7) is 4.17. The zero-order chi connectivity index (χ0) is 11.5. The summed E-state index contributed by atoms with van der Waals surface area (Å²) in [5.74, 6) is 0. The van der Waals surface area contributed by atoms with Crippen LogP contribution in [0.25, 0.3) is 0 Å². The highest BCUT2D eigenvalue weighted by Gasteiger charge is 2.09. The van der Waals surface area contributed by atoms with Gasteiger partial charge in [-0.3, -0.25) is 4.79 Å². The average molecular weight is 213 g/mol. The maximum absolute atomic E-state index is 10.9. The minimum absolute atomic E-state index is 0.191. The van der Waals surface area contributed by atoms with Gasteiger partial charge in [0.25, 0.3) is 0 Å². The van der Waals surface area contributed by atoms with Gasteiger partial charge in [-0.05, 0) is 31.5 Å². The smallest absolute Gasteiger partial charge is 0.166 e. The van der Waals surface area contributed by atoms with Crippen molar-refractivity contribution in [3.63, 3.8) is 0 Å². The summed E-state index contributed by atoms with van der Waals surface area (Å²) >= 11 is 0. The van der Waals surface area contributed by atoms with E-state index in [1.807, 2.05) is 22.9 Å². The number of rotatable bonds is 3. The van der Waals surface area contributed by atoms with Crippen LogP contribution in [0.15, 0.2) is 42.6 Å². The largest absolute Gasteiger partial charge is 0.338 e. The Morgan fingerprint density at radius 3 is 2.50 bits per heavy atom. The molecule has 0 saturated heterocycles. The molecule has 0 aliphatic carbocycles. The SMILES string of the molecule is Cc1ccc([C@H](C)n2cccc2C=O)cc1. The molecule has 0 saturated carbocycles. The maximum Gasteiger partial charge on any atom is 0.166 e. The number of hydrogen-bond donors (Lipinski definition) is 0. The lowest BCUT2D eigenvalue weighted by Gasteiger charge is -2.16. The van der Waals surface area contributed by atoms with Crippen LogP contribution in [-0.2, 0) is 0 Å². The number of benzene rings is 1. The van der Waals surface area contributed by atoms with E-state index in [9.17, 15) is 4.79 Å². The quantitative estimate of drug-likeness (QED) is 0.717. The topological polar surface area (TPSA) is 22.0 Å². The first-order valence-corrected chi connectivity index (χ1v) is 5.41. The number of carbonyl (C=O) groups excluding carboxylic acids is 1. The highest BCUT2D eigenvalue weighted by atomic mass is 16.1. The molecular weight excluding hydrogens is 198 g/mol. The lowest BCUT2D eigenvalue weighted by Crippen LogP contribution is -2.08. The Labute approximate surface area is 95.5 Å². The predicted octanol–water partition coefficient (Wildman–Crippen LogP) is 3.22. The van der Waals surface area contributed by atoms with Crippen LogP contribution in [-0.4, -0.2) is 10.9 Å². The van der Waals surface area contributed by atoms with Crippen molar-refractivity contribution in [1.82, 2.24) is 4.57 Å². The summed E-state index contributed by atoms with van der Waals surface area (Å²) < 4.78 is 1.98. The van der Waals surface area contributed by atoms with Crippen molar-refractivity contribution in [2.24, 2.45) is 0 Å². The minimum atomic E-state index is 0.191. The van der Waals surface area contributed by atoms with Crippen LogP contribution in [0, 0.1) is 6.92 Å². The minimum Gasteiger partial charge on any atom is -0.338 e. The molecule has 2 rings (SSSR count). The molecule has 1 heterocycles. The van der Waals surface area contributed by atoms with E-state index < -0.39 is 0 Å². The molecule has 1 atom stereocenters. The second-order valence-electron chi connectivity index (χ2n) is 4.04. The number of aromatic nitrogens is 1.